The van der Waals surface area contributed by atoms with Crippen LogP contribution in [-0.4, -0.2) is 24.2 Å². The number of benzene rings is 1. The number of hydrogen-bond donors (Lipinski definition) is 0. The van der Waals surface area contributed by atoms with Crippen LogP contribution >= 0.6 is 34.3 Å². The van der Waals surface area contributed by atoms with Gasteiger partial charge in [-0.2, -0.15) is 4.99 Å². The van der Waals surface area contributed by atoms with Gasteiger partial charge in [0.05, 0.1) is 16.8 Å². The summed E-state index contributed by atoms with van der Waals surface area (Å²) >= 11 is 9.33. The lowest BCUT2D eigenvalue weighted by atomic mass is 10.2. The van der Waals surface area contributed by atoms with E-state index in [9.17, 15) is 4.79 Å². The van der Waals surface area contributed by atoms with Crippen LogP contribution < -0.4 is 4.80 Å². The van der Waals surface area contributed by atoms with Crippen molar-refractivity contribution in [2.45, 2.75) is 13.5 Å². The van der Waals surface area contributed by atoms with Crippen LogP contribution in [0.5, 0.6) is 0 Å². The Kier molecular flexibility index (Phi) is 5.86. The minimum Gasteiger partial charge on any atom is -0.383 e. The van der Waals surface area contributed by atoms with Gasteiger partial charge in [0.2, 0.25) is 0 Å². The molecule has 0 radical (unpaired) electrons. The molecule has 0 saturated carbocycles. The molecule has 4 nitrogen and oxygen atoms in total. The SMILES string of the molecule is COCCn1c(=NC(=O)C=Cc2cccs2)sc2ccc(Cl)c(C)c21. The summed E-state index contributed by atoms with van der Waals surface area (Å²) in [6.45, 7) is 3.12. The minimum absolute atomic E-state index is 0.283. The van der Waals surface area contributed by atoms with Gasteiger partial charge in [0, 0.05) is 29.6 Å². The fraction of sp³-hybridized carbons (Fsp3) is 0.222. The first-order valence-electron chi connectivity index (χ1n) is 7.68. The zero-order valence-corrected chi connectivity index (χ0v) is 16.2. The molecule has 7 heteroatoms. The first-order chi connectivity index (χ1) is 12.1. The topological polar surface area (TPSA) is 43.6 Å². The van der Waals surface area contributed by atoms with Gasteiger partial charge >= 0.3 is 0 Å². The number of thiazole rings is 1. The predicted octanol–water partition coefficient (Wildman–Crippen LogP) is 4.51. The summed E-state index contributed by atoms with van der Waals surface area (Å²) < 4.78 is 8.25. The molecule has 0 fully saturated rings. The number of carbonyl (C=O) groups is 1. The van der Waals surface area contributed by atoms with Gasteiger partial charge in [0.15, 0.2) is 4.80 Å². The molecule has 2 heterocycles. The van der Waals surface area contributed by atoms with E-state index in [1.165, 1.54) is 17.4 Å². The minimum atomic E-state index is -0.283. The highest BCUT2D eigenvalue weighted by atomic mass is 35.5. The van der Waals surface area contributed by atoms with Crippen molar-refractivity contribution in [2.75, 3.05) is 13.7 Å². The van der Waals surface area contributed by atoms with E-state index in [-0.39, 0.29) is 5.91 Å². The van der Waals surface area contributed by atoms with Crippen LogP contribution in [0.4, 0.5) is 0 Å². The molecule has 25 heavy (non-hydrogen) atoms. The zero-order chi connectivity index (χ0) is 17.8. The molecular formula is C18H17ClN2O2S2. The molecule has 1 aromatic carbocycles. The average Bonchev–Trinajstić information content (AvgIpc) is 3.22. The van der Waals surface area contributed by atoms with Crippen LogP contribution in [-0.2, 0) is 16.1 Å². The number of aromatic nitrogens is 1. The largest absolute Gasteiger partial charge is 0.383 e. The Morgan fingerprint density at radius 3 is 2.96 bits per heavy atom. The van der Waals surface area contributed by atoms with Gasteiger partial charge in [0.25, 0.3) is 5.91 Å². The summed E-state index contributed by atoms with van der Waals surface area (Å²) in [5.41, 5.74) is 1.98. The maximum atomic E-state index is 12.2. The van der Waals surface area contributed by atoms with Crippen molar-refractivity contribution in [3.8, 4) is 0 Å². The molecule has 1 amide bonds. The number of aryl methyl sites for hydroxylation is 1. The Morgan fingerprint density at radius 1 is 1.40 bits per heavy atom. The fourth-order valence-electron chi connectivity index (χ4n) is 2.46. The van der Waals surface area contributed by atoms with Crippen LogP contribution in [0.25, 0.3) is 16.3 Å². The smallest absolute Gasteiger partial charge is 0.272 e. The van der Waals surface area contributed by atoms with Gasteiger partial charge in [-0.15, -0.1) is 11.3 Å². The molecule has 0 unspecified atom stereocenters. The summed E-state index contributed by atoms with van der Waals surface area (Å²) in [5, 5.41) is 2.67. The number of ether oxygens (including phenoxy) is 1. The number of methoxy groups -OCH3 is 1. The van der Waals surface area contributed by atoms with Crippen molar-refractivity contribution in [1.82, 2.24) is 4.57 Å². The lowest BCUT2D eigenvalue weighted by molar-refractivity contribution is -0.113. The molecule has 3 rings (SSSR count). The molecule has 130 valence electrons. The molecule has 0 atom stereocenters. The molecule has 2 aromatic heterocycles. The van der Waals surface area contributed by atoms with E-state index in [0.717, 1.165) is 20.7 Å². The molecule has 0 aliphatic rings. The number of carbonyl (C=O) groups excluding carboxylic acids is 1. The van der Waals surface area contributed by atoms with Crippen molar-refractivity contribution in [3.63, 3.8) is 0 Å². The molecular weight excluding hydrogens is 376 g/mol. The maximum Gasteiger partial charge on any atom is 0.272 e. The lowest BCUT2D eigenvalue weighted by Gasteiger charge is -2.07. The first-order valence-corrected chi connectivity index (χ1v) is 9.75. The van der Waals surface area contributed by atoms with Crippen LogP contribution in [0.3, 0.4) is 0 Å². The number of hydrogen-bond acceptors (Lipinski definition) is 4. The van der Waals surface area contributed by atoms with Crippen LogP contribution in [0.2, 0.25) is 5.02 Å². The van der Waals surface area contributed by atoms with Crippen molar-refractivity contribution in [1.29, 1.82) is 0 Å². The van der Waals surface area contributed by atoms with E-state index >= 15 is 0 Å². The van der Waals surface area contributed by atoms with Crippen LogP contribution in [0.1, 0.15) is 10.4 Å². The lowest BCUT2D eigenvalue weighted by Crippen LogP contribution is -2.19. The van der Waals surface area contributed by atoms with E-state index in [0.29, 0.717) is 23.0 Å². The molecule has 0 bridgehead atoms. The van der Waals surface area contributed by atoms with Crippen LogP contribution in [0.15, 0.2) is 40.7 Å². The van der Waals surface area contributed by atoms with Crippen molar-refractivity contribution in [2.24, 2.45) is 4.99 Å². The monoisotopic (exact) mass is 392 g/mol. The van der Waals surface area contributed by atoms with Gasteiger partial charge in [0.1, 0.15) is 0 Å². The highest BCUT2D eigenvalue weighted by Crippen LogP contribution is 2.27. The summed E-state index contributed by atoms with van der Waals surface area (Å²) in [6, 6.07) is 7.74. The second kappa shape index (κ2) is 8.10. The number of rotatable bonds is 5. The first kappa shape index (κ1) is 18.1. The molecule has 0 spiro atoms. The number of thiophene rings is 1. The van der Waals surface area contributed by atoms with E-state index in [2.05, 4.69) is 4.99 Å². The van der Waals surface area contributed by atoms with Gasteiger partial charge in [-0.3, -0.25) is 4.79 Å². The Hall–Kier alpha value is -1.73. The second-order valence-corrected chi connectivity index (χ2v) is 7.74. The number of fused-ring (bicyclic) bond motifs is 1. The fourth-order valence-corrected chi connectivity index (χ4v) is 4.35. The number of amides is 1. The third kappa shape index (κ3) is 4.10. The standard InChI is InChI=1S/C18H17ClN2O2S2/c1-12-14(19)6-7-15-17(12)21(9-10-23-2)18(25-15)20-16(22)8-5-13-4-3-11-24-13/h3-8,11H,9-10H2,1-2H3. The summed E-state index contributed by atoms with van der Waals surface area (Å²) in [6.07, 6.45) is 3.28. The summed E-state index contributed by atoms with van der Waals surface area (Å²) in [5.74, 6) is -0.283. The number of halogens is 1. The molecule has 0 saturated heterocycles. The van der Waals surface area contributed by atoms with E-state index in [4.69, 9.17) is 16.3 Å². The van der Waals surface area contributed by atoms with Crippen molar-refractivity contribution < 1.29 is 9.53 Å². The Balaban J connectivity index is 2.04. The van der Waals surface area contributed by atoms with Crippen molar-refractivity contribution in [3.05, 3.63) is 56.0 Å². The highest BCUT2D eigenvalue weighted by Gasteiger charge is 2.11. The Morgan fingerprint density at radius 2 is 2.24 bits per heavy atom. The third-order valence-electron chi connectivity index (χ3n) is 3.69. The summed E-state index contributed by atoms with van der Waals surface area (Å²) in [4.78, 5) is 18.2. The maximum absolute atomic E-state index is 12.2. The normalized spacial score (nSPS) is 12.5. The Bertz CT molecular complexity index is 985. The van der Waals surface area contributed by atoms with Gasteiger partial charge in [-0.05, 0) is 42.1 Å². The molecule has 0 N–H and O–H groups in total. The van der Waals surface area contributed by atoms with Gasteiger partial charge in [-0.25, -0.2) is 0 Å². The summed E-state index contributed by atoms with van der Waals surface area (Å²) in [7, 11) is 1.65. The van der Waals surface area contributed by atoms with E-state index in [1.54, 1.807) is 24.5 Å². The highest BCUT2D eigenvalue weighted by molar-refractivity contribution is 7.16. The van der Waals surface area contributed by atoms with E-state index in [1.807, 2.05) is 41.1 Å². The molecule has 3 aromatic rings. The number of nitrogens with zero attached hydrogens (tertiary/aromatic N) is 2. The van der Waals surface area contributed by atoms with E-state index < -0.39 is 0 Å². The molecule has 0 aliphatic heterocycles. The predicted molar refractivity (Wildman–Crippen MR) is 105 cm³/mol. The van der Waals surface area contributed by atoms with Gasteiger partial charge in [-0.1, -0.05) is 29.0 Å². The average molecular weight is 393 g/mol. The molecule has 0 aliphatic carbocycles. The van der Waals surface area contributed by atoms with Gasteiger partial charge < -0.3 is 9.30 Å². The second-order valence-electron chi connectivity index (χ2n) is 5.35. The van der Waals surface area contributed by atoms with Crippen LogP contribution in [0, 0.1) is 6.92 Å². The van der Waals surface area contributed by atoms with Crippen molar-refractivity contribution >= 4 is 56.5 Å². The quantitative estimate of drug-likeness (QED) is 0.599. The zero-order valence-electron chi connectivity index (χ0n) is 13.9. The Labute approximate surface area is 158 Å². The third-order valence-corrected chi connectivity index (χ3v) is 5.98.